The van der Waals surface area contributed by atoms with Crippen molar-refractivity contribution in [2.75, 3.05) is 31.9 Å². The quantitative estimate of drug-likeness (QED) is 0.291. The number of carbonyl (C=O) groups excluding carboxylic acids is 4. The van der Waals surface area contributed by atoms with Gasteiger partial charge in [0.05, 0.1) is 5.75 Å². The molecule has 2 aromatic rings. The number of hydrogen-bond acceptors (Lipinski definition) is 6. The SMILES string of the molecule is CCCN1C(=O)[C@H](CCCCNC(=O)OCc2ccccc2)NC(=O)C12CCN(C(=O)CSc1ccccc1)CC2. The lowest BCUT2D eigenvalue weighted by Crippen LogP contribution is -2.73. The van der Waals surface area contributed by atoms with Crippen LogP contribution in [0, 0.1) is 0 Å². The summed E-state index contributed by atoms with van der Waals surface area (Å²) in [7, 11) is 0. The van der Waals surface area contributed by atoms with Crippen LogP contribution in [0.25, 0.3) is 0 Å². The number of piperidine rings is 1. The Morgan fingerprint density at radius 1 is 1.02 bits per heavy atom. The van der Waals surface area contributed by atoms with E-state index < -0.39 is 17.7 Å². The zero-order valence-corrected chi connectivity index (χ0v) is 24.5. The Morgan fingerprint density at radius 2 is 1.71 bits per heavy atom. The number of hydrogen-bond donors (Lipinski definition) is 2. The molecule has 4 rings (SSSR count). The molecule has 2 aliphatic rings. The topological polar surface area (TPSA) is 108 Å². The minimum absolute atomic E-state index is 0.0497. The lowest BCUT2D eigenvalue weighted by Gasteiger charge is -2.51. The fourth-order valence-corrected chi connectivity index (χ4v) is 6.26. The van der Waals surface area contributed by atoms with E-state index in [4.69, 9.17) is 4.74 Å². The molecule has 2 saturated heterocycles. The lowest BCUT2D eigenvalue weighted by atomic mass is 9.81. The van der Waals surface area contributed by atoms with E-state index in [1.165, 1.54) is 11.8 Å². The van der Waals surface area contributed by atoms with Crippen molar-refractivity contribution in [3.8, 4) is 0 Å². The first-order valence-corrected chi connectivity index (χ1v) is 15.4. The molecule has 1 atom stereocenters. The average molecular weight is 581 g/mol. The molecule has 9 nitrogen and oxygen atoms in total. The number of rotatable bonds is 12. The molecular formula is C31H40N4O5S. The maximum absolute atomic E-state index is 13.5. The van der Waals surface area contributed by atoms with Crippen molar-refractivity contribution in [2.24, 2.45) is 0 Å². The number of nitrogens with zero attached hydrogens (tertiary/aromatic N) is 2. The first kappa shape index (κ1) is 30.4. The number of unbranched alkanes of at least 4 members (excludes halogenated alkanes) is 1. The van der Waals surface area contributed by atoms with Gasteiger partial charge < -0.3 is 25.2 Å². The summed E-state index contributed by atoms with van der Waals surface area (Å²) in [5, 5.41) is 5.73. The van der Waals surface area contributed by atoms with E-state index in [9.17, 15) is 19.2 Å². The van der Waals surface area contributed by atoms with Crippen LogP contribution < -0.4 is 10.6 Å². The number of alkyl carbamates (subject to hydrolysis) is 1. The molecule has 41 heavy (non-hydrogen) atoms. The first-order valence-electron chi connectivity index (χ1n) is 14.5. The van der Waals surface area contributed by atoms with Crippen molar-refractivity contribution in [3.05, 3.63) is 66.2 Å². The monoisotopic (exact) mass is 580 g/mol. The molecule has 1 spiro atoms. The summed E-state index contributed by atoms with van der Waals surface area (Å²) in [4.78, 5) is 56.5. The minimum Gasteiger partial charge on any atom is -0.445 e. The number of amides is 4. The predicted molar refractivity (Wildman–Crippen MR) is 158 cm³/mol. The lowest BCUT2D eigenvalue weighted by molar-refractivity contribution is -0.162. The zero-order chi connectivity index (χ0) is 29.1. The summed E-state index contributed by atoms with van der Waals surface area (Å²) >= 11 is 1.51. The molecule has 2 fully saturated rings. The number of nitrogens with one attached hydrogen (secondary N) is 2. The van der Waals surface area contributed by atoms with Gasteiger partial charge in [-0.1, -0.05) is 55.5 Å². The van der Waals surface area contributed by atoms with E-state index in [0.717, 1.165) is 16.9 Å². The van der Waals surface area contributed by atoms with Gasteiger partial charge in [0.25, 0.3) is 0 Å². The molecule has 0 bridgehead atoms. The van der Waals surface area contributed by atoms with Crippen molar-refractivity contribution in [1.29, 1.82) is 0 Å². The normalized spacial score (nSPS) is 18.2. The van der Waals surface area contributed by atoms with Gasteiger partial charge in [0.2, 0.25) is 17.7 Å². The first-order chi connectivity index (χ1) is 19.9. The Labute approximate surface area is 246 Å². The molecule has 10 heteroatoms. The smallest absolute Gasteiger partial charge is 0.407 e. The summed E-state index contributed by atoms with van der Waals surface area (Å²) in [5.41, 5.74) is 0.0137. The van der Waals surface area contributed by atoms with Gasteiger partial charge >= 0.3 is 6.09 Å². The largest absolute Gasteiger partial charge is 0.445 e. The second-order valence-corrected chi connectivity index (χ2v) is 11.6. The molecule has 0 saturated carbocycles. The fraction of sp³-hybridized carbons (Fsp3) is 0.484. The zero-order valence-electron chi connectivity index (χ0n) is 23.7. The van der Waals surface area contributed by atoms with Crippen LogP contribution in [0.5, 0.6) is 0 Å². The third kappa shape index (κ3) is 8.03. The minimum atomic E-state index is -0.906. The van der Waals surface area contributed by atoms with Crippen LogP contribution in [0.2, 0.25) is 0 Å². The van der Waals surface area contributed by atoms with E-state index in [1.54, 1.807) is 4.90 Å². The van der Waals surface area contributed by atoms with Gasteiger partial charge in [-0.25, -0.2) is 4.79 Å². The highest BCUT2D eigenvalue weighted by molar-refractivity contribution is 8.00. The number of benzene rings is 2. The van der Waals surface area contributed by atoms with Crippen LogP contribution >= 0.6 is 11.8 Å². The summed E-state index contributed by atoms with van der Waals surface area (Å²) in [6, 6.07) is 18.7. The molecule has 0 radical (unpaired) electrons. The molecule has 220 valence electrons. The van der Waals surface area contributed by atoms with Crippen LogP contribution in [0.1, 0.15) is 51.0 Å². The Kier molecular flexibility index (Phi) is 11.1. The Bertz CT molecular complexity index is 1170. The van der Waals surface area contributed by atoms with Crippen LogP contribution in [0.3, 0.4) is 0 Å². The Balaban J connectivity index is 1.22. The second kappa shape index (κ2) is 14.9. The van der Waals surface area contributed by atoms with Gasteiger partial charge in [0, 0.05) is 31.1 Å². The molecular weight excluding hydrogens is 540 g/mol. The highest BCUT2D eigenvalue weighted by Gasteiger charge is 2.53. The van der Waals surface area contributed by atoms with Gasteiger partial charge in [0.1, 0.15) is 18.2 Å². The van der Waals surface area contributed by atoms with E-state index in [0.29, 0.717) is 64.0 Å². The Morgan fingerprint density at radius 3 is 2.39 bits per heavy atom. The van der Waals surface area contributed by atoms with Crippen molar-refractivity contribution in [3.63, 3.8) is 0 Å². The summed E-state index contributed by atoms with van der Waals surface area (Å²) in [6.07, 6.45) is 2.99. The molecule has 2 heterocycles. The van der Waals surface area contributed by atoms with Crippen LogP contribution in [-0.4, -0.2) is 77.1 Å². The molecule has 0 unspecified atom stereocenters. The molecule has 2 N–H and O–H groups in total. The van der Waals surface area contributed by atoms with E-state index in [2.05, 4.69) is 10.6 Å². The van der Waals surface area contributed by atoms with Crippen molar-refractivity contribution >= 4 is 35.6 Å². The molecule has 2 aliphatic heterocycles. The third-order valence-electron chi connectivity index (χ3n) is 7.71. The molecule has 0 aromatic heterocycles. The molecule has 0 aliphatic carbocycles. The maximum Gasteiger partial charge on any atom is 0.407 e. The molecule has 4 amide bonds. The standard InChI is InChI=1S/C31H40N4O5S/c1-2-19-35-28(37)26(15-9-10-18-32-30(39)40-22-24-11-5-3-6-12-24)33-29(38)31(35)16-20-34(21-17-31)27(36)23-41-25-13-7-4-8-14-25/h3-8,11-14,26H,2,9-10,15-23H2,1H3,(H,32,39)(H,33,38)/t26-/m0/s1. The highest BCUT2D eigenvalue weighted by Crippen LogP contribution is 2.34. The van der Waals surface area contributed by atoms with Gasteiger partial charge in [0.15, 0.2) is 0 Å². The number of carbonyl (C=O) groups is 4. The van der Waals surface area contributed by atoms with Gasteiger partial charge in [-0.05, 0) is 56.2 Å². The van der Waals surface area contributed by atoms with E-state index in [1.807, 2.05) is 72.5 Å². The number of ether oxygens (including phenoxy) is 1. The summed E-state index contributed by atoms with van der Waals surface area (Å²) < 4.78 is 5.22. The van der Waals surface area contributed by atoms with Crippen LogP contribution in [0.15, 0.2) is 65.6 Å². The van der Waals surface area contributed by atoms with Gasteiger partial charge in [-0.3, -0.25) is 14.4 Å². The van der Waals surface area contributed by atoms with Crippen LogP contribution in [0.4, 0.5) is 4.79 Å². The Hall–Kier alpha value is -3.53. The van der Waals surface area contributed by atoms with E-state index in [-0.39, 0.29) is 24.3 Å². The number of thioether (sulfide) groups is 1. The highest BCUT2D eigenvalue weighted by atomic mass is 32.2. The summed E-state index contributed by atoms with van der Waals surface area (Å²) in [6.45, 7) is 4.05. The van der Waals surface area contributed by atoms with Crippen LogP contribution in [-0.2, 0) is 25.7 Å². The number of piperazine rings is 1. The maximum atomic E-state index is 13.5. The average Bonchev–Trinajstić information content (AvgIpc) is 3.00. The van der Waals surface area contributed by atoms with Gasteiger partial charge in [-0.15, -0.1) is 11.8 Å². The van der Waals surface area contributed by atoms with Crippen molar-refractivity contribution < 1.29 is 23.9 Å². The molecule has 2 aromatic carbocycles. The van der Waals surface area contributed by atoms with Crippen molar-refractivity contribution in [2.45, 2.75) is 68.5 Å². The fourth-order valence-electron chi connectivity index (χ4n) is 5.43. The second-order valence-electron chi connectivity index (χ2n) is 10.5. The van der Waals surface area contributed by atoms with Gasteiger partial charge in [-0.2, -0.15) is 0 Å². The van der Waals surface area contributed by atoms with E-state index >= 15 is 0 Å². The van der Waals surface area contributed by atoms with Crippen molar-refractivity contribution in [1.82, 2.24) is 20.4 Å². The number of likely N-dealkylation sites (tertiary alicyclic amines) is 1. The summed E-state index contributed by atoms with van der Waals surface area (Å²) in [5.74, 6) is 0.224. The third-order valence-corrected chi connectivity index (χ3v) is 8.70. The predicted octanol–water partition coefficient (Wildman–Crippen LogP) is 3.97.